The van der Waals surface area contributed by atoms with Gasteiger partial charge in [0.15, 0.2) is 0 Å². The van der Waals surface area contributed by atoms with Gasteiger partial charge in [-0.2, -0.15) is 0 Å². The summed E-state index contributed by atoms with van der Waals surface area (Å²) in [6, 6.07) is 10.8. The summed E-state index contributed by atoms with van der Waals surface area (Å²) in [5.41, 5.74) is 7.76. The van der Waals surface area contributed by atoms with E-state index in [2.05, 4.69) is 49.1 Å². The standard InChI is InChI=1S/C17H28N2/c1-3-15-10-11-19(13-15)17(4-2,14-18)12-16-8-6-5-7-9-16/h5-9,15H,3-4,10-14,18H2,1-2H3. The van der Waals surface area contributed by atoms with Gasteiger partial charge in [0.05, 0.1) is 0 Å². The van der Waals surface area contributed by atoms with Crippen molar-refractivity contribution < 1.29 is 0 Å². The molecule has 0 spiro atoms. The van der Waals surface area contributed by atoms with Crippen LogP contribution in [-0.2, 0) is 6.42 Å². The molecule has 1 fully saturated rings. The monoisotopic (exact) mass is 260 g/mol. The zero-order chi connectivity index (χ0) is 13.7. The van der Waals surface area contributed by atoms with Crippen LogP contribution in [0.1, 0.15) is 38.7 Å². The topological polar surface area (TPSA) is 29.3 Å². The van der Waals surface area contributed by atoms with Crippen LogP contribution in [0.3, 0.4) is 0 Å². The summed E-state index contributed by atoms with van der Waals surface area (Å²) in [5, 5.41) is 0. The lowest BCUT2D eigenvalue weighted by molar-refractivity contribution is 0.113. The highest BCUT2D eigenvalue weighted by Gasteiger charge is 2.37. The van der Waals surface area contributed by atoms with Crippen molar-refractivity contribution in [3.05, 3.63) is 35.9 Å². The van der Waals surface area contributed by atoms with Gasteiger partial charge in [0.1, 0.15) is 0 Å². The highest BCUT2D eigenvalue weighted by atomic mass is 15.2. The third-order valence-electron chi connectivity index (χ3n) is 4.95. The molecule has 2 unspecified atom stereocenters. The predicted molar refractivity (Wildman–Crippen MR) is 82.2 cm³/mol. The van der Waals surface area contributed by atoms with Crippen LogP contribution in [0.25, 0.3) is 0 Å². The number of nitrogens with zero attached hydrogens (tertiary/aromatic N) is 1. The summed E-state index contributed by atoms with van der Waals surface area (Å²) in [7, 11) is 0. The molecule has 19 heavy (non-hydrogen) atoms. The molecule has 106 valence electrons. The van der Waals surface area contributed by atoms with Crippen molar-refractivity contribution in [2.75, 3.05) is 19.6 Å². The zero-order valence-corrected chi connectivity index (χ0v) is 12.4. The molecule has 0 aromatic heterocycles. The molecule has 2 rings (SSSR count). The molecule has 0 radical (unpaired) electrons. The molecule has 0 amide bonds. The van der Waals surface area contributed by atoms with E-state index in [1.165, 1.54) is 31.5 Å². The van der Waals surface area contributed by atoms with Crippen molar-refractivity contribution in [2.45, 2.75) is 45.1 Å². The third-order valence-corrected chi connectivity index (χ3v) is 4.95. The normalized spacial score (nSPS) is 23.4. The smallest absolute Gasteiger partial charge is 0.0369 e. The number of likely N-dealkylation sites (tertiary alicyclic amines) is 1. The molecule has 2 N–H and O–H groups in total. The van der Waals surface area contributed by atoms with Crippen molar-refractivity contribution >= 4 is 0 Å². The molecule has 1 saturated heterocycles. The Balaban J connectivity index is 2.13. The Bertz CT molecular complexity index is 370. The van der Waals surface area contributed by atoms with Crippen LogP contribution < -0.4 is 5.73 Å². The van der Waals surface area contributed by atoms with E-state index in [9.17, 15) is 0 Å². The Morgan fingerprint density at radius 2 is 2.00 bits per heavy atom. The molecule has 0 aliphatic carbocycles. The molecule has 0 saturated carbocycles. The van der Waals surface area contributed by atoms with Gasteiger partial charge in [0.25, 0.3) is 0 Å². The summed E-state index contributed by atoms with van der Waals surface area (Å²) in [5.74, 6) is 0.869. The fourth-order valence-electron chi connectivity index (χ4n) is 3.38. The van der Waals surface area contributed by atoms with E-state index in [4.69, 9.17) is 5.73 Å². The number of hydrogen-bond acceptors (Lipinski definition) is 2. The van der Waals surface area contributed by atoms with Crippen LogP contribution >= 0.6 is 0 Å². The van der Waals surface area contributed by atoms with Crippen LogP contribution in [0.5, 0.6) is 0 Å². The van der Waals surface area contributed by atoms with Gasteiger partial charge in [0, 0.05) is 18.6 Å². The van der Waals surface area contributed by atoms with Gasteiger partial charge >= 0.3 is 0 Å². The third kappa shape index (κ3) is 3.18. The second kappa shape index (κ2) is 6.53. The Labute approximate surface area is 118 Å². The van der Waals surface area contributed by atoms with E-state index >= 15 is 0 Å². The maximum Gasteiger partial charge on any atom is 0.0369 e. The van der Waals surface area contributed by atoms with E-state index in [0.717, 1.165) is 25.3 Å². The van der Waals surface area contributed by atoms with Crippen molar-refractivity contribution in [3.8, 4) is 0 Å². The maximum absolute atomic E-state index is 6.19. The predicted octanol–water partition coefficient (Wildman–Crippen LogP) is 3.07. The van der Waals surface area contributed by atoms with Crippen LogP contribution in [0.15, 0.2) is 30.3 Å². The molecule has 2 nitrogen and oxygen atoms in total. The molecule has 2 atom stereocenters. The van der Waals surface area contributed by atoms with Gasteiger partial charge in [0.2, 0.25) is 0 Å². The molecule has 1 aliphatic rings. The summed E-state index contributed by atoms with van der Waals surface area (Å²) < 4.78 is 0. The highest BCUT2D eigenvalue weighted by Crippen LogP contribution is 2.31. The number of nitrogens with two attached hydrogens (primary N) is 1. The Morgan fingerprint density at radius 3 is 2.53 bits per heavy atom. The Kier molecular flexibility index (Phi) is 5.00. The molecule has 1 aliphatic heterocycles. The molecular weight excluding hydrogens is 232 g/mol. The van der Waals surface area contributed by atoms with E-state index in [1.807, 2.05) is 0 Å². The number of hydrogen-bond donors (Lipinski definition) is 1. The lowest BCUT2D eigenvalue weighted by Crippen LogP contribution is -2.54. The van der Waals surface area contributed by atoms with Crippen LogP contribution in [0, 0.1) is 5.92 Å². The minimum absolute atomic E-state index is 0.158. The molecular formula is C17H28N2. The zero-order valence-electron chi connectivity index (χ0n) is 12.4. The fraction of sp³-hybridized carbons (Fsp3) is 0.647. The van der Waals surface area contributed by atoms with Crippen molar-refractivity contribution in [2.24, 2.45) is 11.7 Å². The van der Waals surface area contributed by atoms with Gasteiger partial charge in [-0.05, 0) is 37.3 Å². The summed E-state index contributed by atoms with van der Waals surface area (Å²) in [4.78, 5) is 2.66. The minimum atomic E-state index is 0.158. The van der Waals surface area contributed by atoms with Gasteiger partial charge in [-0.1, -0.05) is 50.6 Å². The number of rotatable bonds is 6. The molecule has 0 bridgehead atoms. The average Bonchev–Trinajstić information content (AvgIpc) is 2.95. The summed E-state index contributed by atoms with van der Waals surface area (Å²) >= 11 is 0. The molecule has 1 heterocycles. The average molecular weight is 260 g/mol. The second-order valence-corrected chi connectivity index (χ2v) is 5.95. The molecule has 1 aromatic carbocycles. The van der Waals surface area contributed by atoms with Gasteiger partial charge < -0.3 is 5.73 Å². The van der Waals surface area contributed by atoms with Crippen LogP contribution in [0.4, 0.5) is 0 Å². The largest absolute Gasteiger partial charge is 0.329 e. The first-order valence-electron chi connectivity index (χ1n) is 7.73. The second-order valence-electron chi connectivity index (χ2n) is 5.95. The van der Waals surface area contributed by atoms with Crippen LogP contribution in [-0.4, -0.2) is 30.1 Å². The summed E-state index contributed by atoms with van der Waals surface area (Å²) in [6.07, 6.45) is 4.85. The SMILES string of the molecule is CCC1CCN(C(CC)(CN)Cc2ccccc2)C1. The van der Waals surface area contributed by atoms with Gasteiger partial charge in [-0.25, -0.2) is 0 Å². The number of benzene rings is 1. The first-order chi connectivity index (χ1) is 9.24. The molecule has 1 aromatic rings. The van der Waals surface area contributed by atoms with Gasteiger partial charge in [-0.15, -0.1) is 0 Å². The van der Waals surface area contributed by atoms with E-state index in [0.29, 0.717) is 0 Å². The Morgan fingerprint density at radius 1 is 1.26 bits per heavy atom. The van der Waals surface area contributed by atoms with Crippen molar-refractivity contribution in [1.29, 1.82) is 0 Å². The highest BCUT2D eigenvalue weighted by molar-refractivity contribution is 5.18. The van der Waals surface area contributed by atoms with E-state index in [-0.39, 0.29) is 5.54 Å². The van der Waals surface area contributed by atoms with Crippen LogP contribution in [0.2, 0.25) is 0 Å². The van der Waals surface area contributed by atoms with Crippen molar-refractivity contribution in [3.63, 3.8) is 0 Å². The first-order valence-corrected chi connectivity index (χ1v) is 7.73. The minimum Gasteiger partial charge on any atom is -0.329 e. The molecule has 2 heteroatoms. The Hall–Kier alpha value is -0.860. The lowest BCUT2D eigenvalue weighted by Gasteiger charge is -2.41. The summed E-state index contributed by atoms with van der Waals surface area (Å²) in [6.45, 7) is 7.80. The van der Waals surface area contributed by atoms with Crippen molar-refractivity contribution in [1.82, 2.24) is 4.90 Å². The van der Waals surface area contributed by atoms with E-state index in [1.54, 1.807) is 0 Å². The van der Waals surface area contributed by atoms with E-state index < -0.39 is 0 Å². The maximum atomic E-state index is 6.19. The lowest BCUT2D eigenvalue weighted by atomic mass is 9.86. The fourth-order valence-corrected chi connectivity index (χ4v) is 3.38. The first kappa shape index (κ1) is 14.5. The quantitative estimate of drug-likeness (QED) is 0.851. The van der Waals surface area contributed by atoms with Gasteiger partial charge in [-0.3, -0.25) is 4.90 Å².